The van der Waals surface area contributed by atoms with Crippen molar-refractivity contribution in [3.05, 3.63) is 35.7 Å². The third-order valence-corrected chi connectivity index (χ3v) is 4.14. The summed E-state index contributed by atoms with van der Waals surface area (Å²) >= 11 is 1.55. The van der Waals surface area contributed by atoms with E-state index in [4.69, 9.17) is 0 Å². The second-order valence-electron chi connectivity index (χ2n) is 4.78. The summed E-state index contributed by atoms with van der Waals surface area (Å²) in [6.07, 6.45) is 4.65. The Kier molecular flexibility index (Phi) is 6.00. The van der Waals surface area contributed by atoms with E-state index < -0.39 is 0 Å². The summed E-state index contributed by atoms with van der Waals surface area (Å²) < 4.78 is 1.81. The van der Waals surface area contributed by atoms with Crippen molar-refractivity contribution in [2.75, 3.05) is 24.2 Å². The fraction of sp³-hybridized carbons (Fsp3) is 0.438. The maximum absolute atomic E-state index is 4.53. The number of hydrogen-bond donors (Lipinski definition) is 0. The van der Waals surface area contributed by atoms with Gasteiger partial charge in [-0.1, -0.05) is 30.8 Å². The Morgan fingerprint density at radius 1 is 1.14 bits per heavy atom. The molecule has 118 valence electrons. The van der Waals surface area contributed by atoms with Crippen LogP contribution in [0, 0.1) is 0 Å². The average molecular weight is 317 g/mol. The van der Waals surface area contributed by atoms with Crippen molar-refractivity contribution in [2.24, 2.45) is 5.10 Å². The second-order valence-corrected chi connectivity index (χ2v) is 5.55. The number of hydrogen-bond acceptors (Lipinski definition) is 5. The summed E-state index contributed by atoms with van der Waals surface area (Å²) in [5, 5.41) is 13.6. The average Bonchev–Trinajstić information content (AvgIpc) is 2.97. The molecule has 2 rings (SSSR count). The van der Waals surface area contributed by atoms with E-state index in [0.717, 1.165) is 36.1 Å². The summed E-state index contributed by atoms with van der Waals surface area (Å²) in [6.45, 7) is 8.42. The Bertz CT molecular complexity index is 592. The van der Waals surface area contributed by atoms with Crippen molar-refractivity contribution in [1.29, 1.82) is 0 Å². The molecule has 22 heavy (non-hydrogen) atoms. The molecular weight excluding hydrogens is 294 g/mol. The molecule has 0 spiro atoms. The highest BCUT2D eigenvalue weighted by molar-refractivity contribution is 7.98. The molecule has 6 heteroatoms. The molecular formula is C16H23N5S. The molecule has 1 aromatic heterocycles. The molecule has 0 unspecified atom stereocenters. The summed E-state index contributed by atoms with van der Waals surface area (Å²) in [4.78, 5) is 2.32. The number of thioether (sulfide) groups is 1. The van der Waals surface area contributed by atoms with E-state index >= 15 is 0 Å². The fourth-order valence-corrected chi connectivity index (χ4v) is 2.69. The number of nitrogens with zero attached hydrogens (tertiary/aromatic N) is 5. The fourth-order valence-electron chi connectivity index (χ4n) is 2.24. The van der Waals surface area contributed by atoms with Crippen LogP contribution in [0.5, 0.6) is 0 Å². The first kappa shape index (κ1) is 16.5. The minimum atomic E-state index is 0.811. The summed E-state index contributed by atoms with van der Waals surface area (Å²) in [7, 11) is 0. The van der Waals surface area contributed by atoms with Crippen LogP contribution in [-0.4, -0.2) is 40.4 Å². The SMILES string of the molecule is CCc1nnc(SC)n1/N=C\c1ccc(N(CC)CC)cc1. The van der Waals surface area contributed by atoms with Gasteiger partial charge in [0, 0.05) is 25.2 Å². The van der Waals surface area contributed by atoms with Crippen molar-refractivity contribution < 1.29 is 0 Å². The van der Waals surface area contributed by atoms with Gasteiger partial charge in [-0.2, -0.15) is 9.78 Å². The van der Waals surface area contributed by atoms with Crippen molar-refractivity contribution in [2.45, 2.75) is 32.3 Å². The summed E-state index contributed by atoms with van der Waals surface area (Å²) in [5.74, 6) is 0.875. The molecule has 0 amide bonds. The third-order valence-electron chi connectivity index (χ3n) is 3.52. The predicted octanol–water partition coefficient (Wildman–Crippen LogP) is 3.29. The zero-order chi connectivity index (χ0) is 15.9. The molecule has 0 aliphatic carbocycles. The first-order valence-corrected chi connectivity index (χ1v) is 8.83. The van der Waals surface area contributed by atoms with E-state index in [2.05, 4.69) is 65.2 Å². The normalized spacial score (nSPS) is 11.3. The molecule has 0 saturated heterocycles. The molecule has 0 saturated carbocycles. The van der Waals surface area contributed by atoms with Gasteiger partial charge in [-0.05, 0) is 37.8 Å². The standard InChI is InChI=1S/C16H23N5S/c1-5-15-18-19-16(22-4)21(15)17-12-13-8-10-14(11-9-13)20(6-2)7-3/h8-12H,5-7H2,1-4H3/b17-12-. The van der Waals surface area contributed by atoms with Crippen molar-refractivity contribution in [3.63, 3.8) is 0 Å². The lowest BCUT2D eigenvalue weighted by atomic mass is 10.2. The van der Waals surface area contributed by atoms with Gasteiger partial charge in [0.1, 0.15) is 0 Å². The Hall–Kier alpha value is -1.82. The van der Waals surface area contributed by atoms with E-state index in [1.165, 1.54) is 5.69 Å². The molecule has 0 bridgehead atoms. The predicted molar refractivity (Wildman–Crippen MR) is 94.2 cm³/mol. The molecule has 5 nitrogen and oxygen atoms in total. The van der Waals surface area contributed by atoms with Crippen LogP contribution >= 0.6 is 11.8 Å². The Labute approximate surface area is 136 Å². The van der Waals surface area contributed by atoms with Crippen LogP contribution in [0.25, 0.3) is 0 Å². The lowest BCUT2D eigenvalue weighted by Crippen LogP contribution is -2.21. The number of rotatable bonds is 7. The first-order chi connectivity index (χ1) is 10.7. The summed E-state index contributed by atoms with van der Waals surface area (Å²) in [6, 6.07) is 8.45. The van der Waals surface area contributed by atoms with Gasteiger partial charge in [0.2, 0.25) is 5.16 Å². The Morgan fingerprint density at radius 3 is 2.36 bits per heavy atom. The molecule has 0 N–H and O–H groups in total. The van der Waals surface area contributed by atoms with Crippen LogP contribution in [0.4, 0.5) is 5.69 Å². The third kappa shape index (κ3) is 3.68. The van der Waals surface area contributed by atoms with Gasteiger partial charge in [0.05, 0.1) is 6.21 Å². The van der Waals surface area contributed by atoms with Crippen molar-refractivity contribution in [3.8, 4) is 0 Å². The molecule has 1 heterocycles. The van der Waals surface area contributed by atoms with Crippen LogP contribution in [0.2, 0.25) is 0 Å². The van der Waals surface area contributed by atoms with E-state index in [-0.39, 0.29) is 0 Å². The smallest absolute Gasteiger partial charge is 0.211 e. The highest BCUT2D eigenvalue weighted by atomic mass is 32.2. The van der Waals surface area contributed by atoms with Crippen LogP contribution < -0.4 is 4.90 Å². The molecule has 0 atom stereocenters. The highest BCUT2D eigenvalue weighted by Gasteiger charge is 2.08. The number of aromatic nitrogens is 3. The second kappa shape index (κ2) is 7.98. The van der Waals surface area contributed by atoms with Gasteiger partial charge in [0.15, 0.2) is 5.82 Å². The van der Waals surface area contributed by atoms with Gasteiger partial charge in [-0.3, -0.25) is 0 Å². The highest BCUT2D eigenvalue weighted by Crippen LogP contribution is 2.16. The summed E-state index contributed by atoms with van der Waals surface area (Å²) in [5.41, 5.74) is 2.31. The van der Waals surface area contributed by atoms with Crippen molar-refractivity contribution >= 4 is 23.7 Å². The zero-order valence-electron chi connectivity index (χ0n) is 13.7. The van der Waals surface area contributed by atoms with E-state index in [9.17, 15) is 0 Å². The van der Waals surface area contributed by atoms with E-state index in [1.807, 2.05) is 17.1 Å². The van der Waals surface area contributed by atoms with Gasteiger partial charge < -0.3 is 4.90 Å². The molecule has 0 radical (unpaired) electrons. The van der Waals surface area contributed by atoms with Crippen LogP contribution in [0.1, 0.15) is 32.2 Å². The van der Waals surface area contributed by atoms with Gasteiger partial charge in [0.25, 0.3) is 0 Å². The lowest BCUT2D eigenvalue weighted by molar-refractivity contribution is 0.723. The van der Waals surface area contributed by atoms with Gasteiger partial charge in [-0.15, -0.1) is 10.2 Å². The van der Waals surface area contributed by atoms with Crippen molar-refractivity contribution in [1.82, 2.24) is 14.9 Å². The molecule has 0 fully saturated rings. The Morgan fingerprint density at radius 2 is 1.82 bits per heavy atom. The Balaban J connectivity index is 2.18. The minimum absolute atomic E-state index is 0.811. The monoisotopic (exact) mass is 317 g/mol. The first-order valence-electron chi connectivity index (χ1n) is 7.61. The van der Waals surface area contributed by atoms with E-state index in [1.54, 1.807) is 11.8 Å². The topological polar surface area (TPSA) is 46.3 Å². The molecule has 0 aliphatic heterocycles. The van der Waals surface area contributed by atoms with Crippen LogP contribution in [0.3, 0.4) is 0 Å². The van der Waals surface area contributed by atoms with Crippen LogP contribution in [0.15, 0.2) is 34.5 Å². The van der Waals surface area contributed by atoms with E-state index in [0.29, 0.717) is 0 Å². The zero-order valence-corrected chi connectivity index (χ0v) is 14.5. The molecule has 1 aromatic carbocycles. The largest absolute Gasteiger partial charge is 0.372 e. The molecule has 0 aliphatic rings. The van der Waals surface area contributed by atoms with Crippen LogP contribution in [-0.2, 0) is 6.42 Å². The number of anilines is 1. The van der Waals surface area contributed by atoms with Gasteiger partial charge in [-0.25, -0.2) is 0 Å². The van der Waals surface area contributed by atoms with Gasteiger partial charge >= 0.3 is 0 Å². The number of benzene rings is 1. The number of aryl methyl sites for hydroxylation is 1. The molecule has 2 aromatic rings. The quantitative estimate of drug-likeness (QED) is 0.581. The maximum Gasteiger partial charge on any atom is 0.211 e. The maximum atomic E-state index is 4.53. The lowest BCUT2D eigenvalue weighted by Gasteiger charge is -2.20. The minimum Gasteiger partial charge on any atom is -0.372 e.